The highest BCUT2D eigenvalue weighted by Gasteiger charge is 2.56. The maximum Gasteiger partial charge on any atom is 0.303 e. The molecule has 2 saturated heterocycles. The maximum atomic E-state index is 12.4. The molecule has 264 valence electrons. The van der Waals surface area contributed by atoms with Gasteiger partial charge in [0.2, 0.25) is 11.8 Å². The minimum atomic E-state index is -1.63. The predicted molar refractivity (Wildman–Crippen MR) is 153 cm³/mol. The van der Waals surface area contributed by atoms with Crippen molar-refractivity contribution < 1.29 is 76.2 Å². The average molecular weight is 675 g/mol. The Labute approximate surface area is 271 Å². The van der Waals surface area contributed by atoms with Crippen molar-refractivity contribution >= 4 is 41.7 Å². The van der Waals surface area contributed by atoms with E-state index in [1.54, 1.807) is 0 Å². The molecule has 2 aliphatic rings. The molecule has 2 fully saturated rings. The van der Waals surface area contributed by atoms with Crippen molar-refractivity contribution in [3.05, 3.63) is 12.7 Å². The Hall–Kier alpha value is -4.13. The molecule has 2 amide bonds. The van der Waals surface area contributed by atoms with Crippen molar-refractivity contribution in [1.82, 2.24) is 10.6 Å². The Morgan fingerprint density at radius 1 is 0.596 bits per heavy atom. The van der Waals surface area contributed by atoms with Crippen LogP contribution in [0, 0.1) is 0 Å². The van der Waals surface area contributed by atoms with Crippen LogP contribution in [0.3, 0.4) is 0 Å². The molecular formula is C29H42N2O16. The van der Waals surface area contributed by atoms with E-state index < -0.39 is 116 Å². The van der Waals surface area contributed by atoms with Gasteiger partial charge in [0.1, 0.15) is 43.6 Å². The van der Waals surface area contributed by atoms with Crippen molar-refractivity contribution in [1.29, 1.82) is 0 Å². The standard InChI is InChI=1S/C29H42N2O16/c1-9-10-39-28-22(30-13(2)32)26(43-18(7)37)25(21(45-28)12-41-16(5)35)47-29-23(31-14(3)33)27(44-19(8)38)24(42-17(6)36)20(46-29)11-40-15(4)34/h9,20-29H,1,10-12H2,2-8H3,(H,30,32)(H,31,33)/t20-,21-,22-,23-,24-,25-,26-,27-,28-,29+/m1/s1. The van der Waals surface area contributed by atoms with Crippen molar-refractivity contribution in [2.24, 2.45) is 0 Å². The van der Waals surface area contributed by atoms with E-state index in [4.69, 9.17) is 42.6 Å². The number of hydrogen-bond acceptors (Lipinski definition) is 16. The summed E-state index contributed by atoms with van der Waals surface area (Å²) in [6.07, 6.45) is -9.85. The number of carbonyl (C=O) groups is 7. The van der Waals surface area contributed by atoms with Crippen LogP contribution in [-0.4, -0.2) is 123 Å². The third kappa shape index (κ3) is 12.2. The van der Waals surface area contributed by atoms with E-state index in [-0.39, 0.29) is 6.61 Å². The van der Waals surface area contributed by atoms with Crippen molar-refractivity contribution in [2.45, 2.75) is 110 Å². The van der Waals surface area contributed by atoms with E-state index >= 15 is 0 Å². The third-order valence-corrected chi connectivity index (χ3v) is 6.51. The molecule has 2 N–H and O–H groups in total. The second-order valence-corrected chi connectivity index (χ2v) is 10.6. The van der Waals surface area contributed by atoms with Crippen LogP contribution < -0.4 is 10.6 Å². The van der Waals surface area contributed by atoms with Gasteiger partial charge in [0.15, 0.2) is 30.9 Å². The lowest BCUT2D eigenvalue weighted by atomic mass is 9.94. The smallest absolute Gasteiger partial charge is 0.303 e. The number of ether oxygens (including phenoxy) is 9. The van der Waals surface area contributed by atoms with E-state index in [2.05, 4.69) is 17.2 Å². The van der Waals surface area contributed by atoms with Crippen molar-refractivity contribution in [3.63, 3.8) is 0 Å². The van der Waals surface area contributed by atoms with Crippen LogP contribution in [0.1, 0.15) is 48.5 Å². The summed E-state index contributed by atoms with van der Waals surface area (Å²) < 4.78 is 51.0. The van der Waals surface area contributed by atoms with Gasteiger partial charge in [0, 0.05) is 48.5 Å². The zero-order chi connectivity index (χ0) is 35.4. The fourth-order valence-electron chi connectivity index (χ4n) is 4.99. The number of carbonyl (C=O) groups excluding carboxylic acids is 7. The lowest BCUT2D eigenvalue weighted by molar-refractivity contribution is -0.333. The summed E-state index contributed by atoms with van der Waals surface area (Å²) in [6.45, 7) is 10.4. The molecule has 2 aliphatic heterocycles. The number of hydrogen-bond donors (Lipinski definition) is 2. The quantitative estimate of drug-likeness (QED) is 0.127. The van der Waals surface area contributed by atoms with Crippen LogP contribution in [0.25, 0.3) is 0 Å². The first-order valence-corrected chi connectivity index (χ1v) is 14.5. The summed E-state index contributed by atoms with van der Waals surface area (Å²) in [5.41, 5.74) is 0. The summed E-state index contributed by atoms with van der Waals surface area (Å²) in [7, 11) is 0. The Kier molecular flexibility index (Phi) is 15.2. The van der Waals surface area contributed by atoms with Crippen LogP contribution in [-0.2, 0) is 76.2 Å². The molecule has 18 heteroatoms. The summed E-state index contributed by atoms with van der Waals surface area (Å²) >= 11 is 0. The lowest BCUT2D eigenvalue weighted by Gasteiger charge is -2.49. The molecule has 0 aliphatic carbocycles. The van der Waals surface area contributed by atoms with Crippen LogP contribution in [0.15, 0.2) is 12.7 Å². The summed E-state index contributed by atoms with van der Waals surface area (Å²) in [5.74, 6) is -5.09. The molecule has 18 nitrogen and oxygen atoms in total. The molecule has 10 atom stereocenters. The van der Waals surface area contributed by atoms with Crippen LogP contribution in [0.2, 0.25) is 0 Å². The highest BCUT2D eigenvalue weighted by Crippen LogP contribution is 2.33. The van der Waals surface area contributed by atoms with Gasteiger partial charge in [0.05, 0.1) is 6.61 Å². The van der Waals surface area contributed by atoms with E-state index in [0.29, 0.717) is 0 Å². The molecule has 0 aromatic rings. The topological polar surface area (TPSA) is 227 Å². The average Bonchev–Trinajstić information content (AvgIpc) is 2.94. The fourth-order valence-corrected chi connectivity index (χ4v) is 4.99. The fraction of sp³-hybridized carbons (Fsp3) is 0.690. The molecule has 2 heterocycles. The van der Waals surface area contributed by atoms with Gasteiger partial charge in [-0.1, -0.05) is 6.08 Å². The van der Waals surface area contributed by atoms with Gasteiger partial charge in [-0.2, -0.15) is 0 Å². The minimum absolute atomic E-state index is 0.0604. The SMILES string of the molecule is C=CCO[C@@H]1O[C@H](COC(C)=O)[C@@H](O[C@@H]2O[C@H](COC(C)=O)[C@@H](OC(C)=O)[C@H](OC(C)=O)[C@H]2NC(C)=O)[C@H](OC(C)=O)[C@H]1NC(C)=O. The van der Waals surface area contributed by atoms with E-state index in [0.717, 1.165) is 41.5 Å². The maximum absolute atomic E-state index is 12.4. The largest absolute Gasteiger partial charge is 0.463 e. The van der Waals surface area contributed by atoms with E-state index in [1.807, 2.05) is 0 Å². The Balaban J connectivity index is 2.72. The second-order valence-electron chi connectivity index (χ2n) is 10.6. The summed E-state index contributed by atoms with van der Waals surface area (Å²) in [5, 5.41) is 5.18. The van der Waals surface area contributed by atoms with Gasteiger partial charge in [0.25, 0.3) is 0 Å². The first kappa shape index (κ1) is 39.1. The first-order chi connectivity index (χ1) is 22.0. The molecule has 0 spiro atoms. The van der Waals surface area contributed by atoms with Gasteiger partial charge < -0.3 is 53.3 Å². The number of amides is 2. The highest BCUT2D eigenvalue weighted by atomic mass is 16.7. The number of nitrogens with one attached hydrogen (secondary N) is 2. The van der Waals surface area contributed by atoms with Gasteiger partial charge in [-0.25, -0.2) is 0 Å². The predicted octanol–water partition coefficient (Wildman–Crippen LogP) is -1.05. The van der Waals surface area contributed by atoms with Gasteiger partial charge in [-0.05, 0) is 0 Å². The zero-order valence-electron chi connectivity index (χ0n) is 27.2. The van der Waals surface area contributed by atoms with Crippen molar-refractivity contribution in [2.75, 3.05) is 19.8 Å². The molecule has 0 bridgehead atoms. The van der Waals surface area contributed by atoms with Crippen molar-refractivity contribution in [3.8, 4) is 0 Å². The third-order valence-electron chi connectivity index (χ3n) is 6.51. The lowest BCUT2D eigenvalue weighted by Crippen LogP contribution is -2.70. The molecule has 0 saturated carbocycles. The van der Waals surface area contributed by atoms with E-state index in [9.17, 15) is 33.6 Å². The Morgan fingerprint density at radius 2 is 1.00 bits per heavy atom. The van der Waals surface area contributed by atoms with Gasteiger partial charge in [-0.15, -0.1) is 6.58 Å². The van der Waals surface area contributed by atoms with E-state index in [1.165, 1.54) is 13.0 Å². The molecule has 0 unspecified atom stereocenters. The van der Waals surface area contributed by atoms with Gasteiger partial charge >= 0.3 is 29.8 Å². The minimum Gasteiger partial charge on any atom is -0.463 e. The number of rotatable bonds is 14. The Bertz CT molecular complexity index is 1180. The zero-order valence-corrected chi connectivity index (χ0v) is 27.2. The molecule has 2 rings (SSSR count). The second kappa shape index (κ2) is 18.3. The van der Waals surface area contributed by atoms with Crippen LogP contribution in [0.5, 0.6) is 0 Å². The molecule has 0 aromatic carbocycles. The monoisotopic (exact) mass is 674 g/mol. The molecule has 47 heavy (non-hydrogen) atoms. The number of esters is 5. The molecule has 0 aromatic heterocycles. The van der Waals surface area contributed by atoms with Crippen LogP contribution in [0.4, 0.5) is 0 Å². The normalized spacial score (nSPS) is 30.1. The Morgan fingerprint density at radius 3 is 1.43 bits per heavy atom. The molecule has 0 radical (unpaired) electrons. The summed E-state index contributed by atoms with van der Waals surface area (Å²) in [4.78, 5) is 84.9. The highest BCUT2D eigenvalue weighted by molar-refractivity contribution is 5.74. The first-order valence-electron chi connectivity index (χ1n) is 14.5. The summed E-state index contributed by atoms with van der Waals surface area (Å²) in [6, 6.07) is -2.62. The van der Waals surface area contributed by atoms with Crippen LogP contribution >= 0.6 is 0 Å². The van der Waals surface area contributed by atoms with Gasteiger partial charge in [-0.3, -0.25) is 33.6 Å². The molecular weight excluding hydrogens is 632 g/mol.